The first kappa shape index (κ1) is 20.0. The molecule has 0 amide bonds. The maximum Gasteiger partial charge on any atom is 0.0991 e. The lowest BCUT2D eigenvalue weighted by molar-refractivity contribution is 0.278. The molecular formula is C24H25Cl2N. The van der Waals surface area contributed by atoms with Gasteiger partial charge in [0.05, 0.1) is 21.7 Å². The normalized spacial score (nSPS) is 20.7. The molecule has 1 fully saturated rings. The van der Waals surface area contributed by atoms with E-state index in [1.165, 1.54) is 37.7 Å². The van der Waals surface area contributed by atoms with Gasteiger partial charge in [0, 0.05) is 0 Å². The molecule has 0 bridgehead atoms. The van der Waals surface area contributed by atoms with Crippen molar-refractivity contribution in [1.29, 1.82) is 5.26 Å². The first-order valence-electron chi connectivity index (χ1n) is 9.72. The molecule has 0 unspecified atom stereocenters. The van der Waals surface area contributed by atoms with E-state index in [0.29, 0.717) is 15.6 Å². The molecule has 2 aromatic carbocycles. The fraction of sp³-hybridized carbons (Fsp3) is 0.375. The van der Waals surface area contributed by atoms with Crippen LogP contribution in [-0.4, -0.2) is 0 Å². The second-order valence-electron chi connectivity index (χ2n) is 7.68. The van der Waals surface area contributed by atoms with E-state index < -0.39 is 0 Å². The van der Waals surface area contributed by atoms with Crippen molar-refractivity contribution in [2.24, 2.45) is 11.8 Å². The number of rotatable bonds is 5. The summed E-state index contributed by atoms with van der Waals surface area (Å²) in [5.74, 6) is 1.80. The number of halogens is 2. The highest BCUT2D eigenvalue weighted by molar-refractivity contribution is 6.65. The second kappa shape index (κ2) is 9.45. The summed E-state index contributed by atoms with van der Waals surface area (Å²) in [6, 6.07) is 17.7. The van der Waals surface area contributed by atoms with Crippen molar-refractivity contribution in [2.45, 2.75) is 45.4 Å². The number of aryl methyl sites for hydroxylation is 1. The van der Waals surface area contributed by atoms with Crippen LogP contribution in [0.4, 0.5) is 0 Å². The van der Waals surface area contributed by atoms with Crippen LogP contribution in [-0.2, 0) is 6.42 Å². The van der Waals surface area contributed by atoms with Crippen molar-refractivity contribution in [1.82, 2.24) is 0 Å². The Morgan fingerprint density at radius 1 is 0.889 bits per heavy atom. The zero-order chi connectivity index (χ0) is 19.2. The lowest BCUT2D eigenvalue weighted by Gasteiger charge is -2.26. The van der Waals surface area contributed by atoms with Gasteiger partial charge < -0.3 is 0 Å². The molecule has 3 heteroatoms. The van der Waals surface area contributed by atoms with Crippen LogP contribution < -0.4 is 0 Å². The molecule has 0 N–H and O–H groups in total. The fourth-order valence-corrected chi connectivity index (χ4v) is 4.22. The van der Waals surface area contributed by atoms with Gasteiger partial charge in [0.2, 0.25) is 0 Å². The summed E-state index contributed by atoms with van der Waals surface area (Å²) >= 11 is 13.0. The minimum Gasteiger partial charge on any atom is -0.192 e. The Morgan fingerprint density at radius 2 is 1.41 bits per heavy atom. The topological polar surface area (TPSA) is 23.8 Å². The van der Waals surface area contributed by atoms with Gasteiger partial charge in [-0.3, -0.25) is 0 Å². The third kappa shape index (κ3) is 5.38. The number of hydrogen-bond donors (Lipinski definition) is 0. The SMILES string of the molecule is CC1CCC(CCc2ccc(C(Cl)=C(Cl)c3ccc(C#N)cc3)cc2)CC1. The first-order valence-corrected chi connectivity index (χ1v) is 10.5. The van der Waals surface area contributed by atoms with Gasteiger partial charge in [0.25, 0.3) is 0 Å². The molecule has 0 aliphatic heterocycles. The van der Waals surface area contributed by atoms with Crippen LogP contribution >= 0.6 is 23.2 Å². The van der Waals surface area contributed by atoms with E-state index in [4.69, 9.17) is 28.5 Å². The minimum atomic E-state index is 0.505. The zero-order valence-electron chi connectivity index (χ0n) is 15.7. The van der Waals surface area contributed by atoms with E-state index in [0.717, 1.165) is 29.4 Å². The lowest BCUT2D eigenvalue weighted by atomic mass is 9.80. The van der Waals surface area contributed by atoms with Crippen LogP contribution in [0.25, 0.3) is 10.1 Å². The first-order chi connectivity index (χ1) is 13.1. The number of benzene rings is 2. The molecule has 0 atom stereocenters. The van der Waals surface area contributed by atoms with E-state index in [1.54, 1.807) is 12.1 Å². The standard InChI is InChI=1S/C24H25Cl2N/c1-17-2-4-18(5-3-17)6-7-19-8-12-21(13-9-19)23(25)24(26)22-14-10-20(16-27)11-15-22/h8-15,17-18H,2-7H2,1H3. The molecular weight excluding hydrogens is 373 g/mol. The Morgan fingerprint density at radius 3 is 1.93 bits per heavy atom. The molecule has 140 valence electrons. The Balaban J connectivity index is 1.64. The monoisotopic (exact) mass is 397 g/mol. The van der Waals surface area contributed by atoms with Gasteiger partial charge in [-0.15, -0.1) is 0 Å². The summed E-state index contributed by atoms with van der Waals surface area (Å²) in [5, 5.41) is 9.94. The van der Waals surface area contributed by atoms with E-state index in [1.807, 2.05) is 24.3 Å². The molecule has 2 aromatic rings. The predicted octanol–water partition coefficient (Wildman–Crippen LogP) is 7.62. The van der Waals surface area contributed by atoms with Crippen LogP contribution in [0.2, 0.25) is 0 Å². The summed E-state index contributed by atoms with van der Waals surface area (Å²) in [7, 11) is 0. The fourth-order valence-electron chi connectivity index (χ4n) is 3.75. The number of hydrogen-bond acceptors (Lipinski definition) is 1. The third-order valence-corrected chi connectivity index (χ3v) is 6.56. The van der Waals surface area contributed by atoms with E-state index in [-0.39, 0.29) is 0 Å². The molecule has 1 saturated carbocycles. The van der Waals surface area contributed by atoms with Gasteiger partial charge in [0.1, 0.15) is 0 Å². The predicted molar refractivity (Wildman–Crippen MR) is 116 cm³/mol. The summed E-state index contributed by atoms with van der Waals surface area (Å²) in [6.07, 6.45) is 7.95. The number of nitriles is 1. The second-order valence-corrected chi connectivity index (χ2v) is 8.43. The smallest absolute Gasteiger partial charge is 0.0991 e. The highest BCUT2D eigenvalue weighted by Crippen LogP contribution is 2.34. The molecule has 1 aliphatic carbocycles. The zero-order valence-corrected chi connectivity index (χ0v) is 17.2. The Kier molecular flexibility index (Phi) is 7.00. The van der Waals surface area contributed by atoms with Crippen molar-refractivity contribution in [3.8, 4) is 6.07 Å². The van der Waals surface area contributed by atoms with Crippen molar-refractivity contribution in [2.75, 3.05) is 0 Å². The van der Waals surface area contributed by atoms with Gasteiger partial charge in [-0.05, 0) is 53.5 Å². The molecule has 0 heterocycles. The van der Waals surface area contributed by atoms with Crippen LogP contribution in [0.5, 0.6) is 0 Å². The van der Waals surface area contributed by atoms with Gasteiger partial charge in [-0.25, -0.2) is 0 Å². The molecule has 0 aromatic heterocycles. The maximum absolute atomic E-state index is 8.90. The van der Waals surface area contributed by atoms with Crippen molar-refractivity contribution >= 4 is 33.3 Å². The quantitative estimate of drug-likeness (QED) is 0.475. The van der Waals surface area contributed by atoms with Gasteiger partial charge in [-0.2, -0.15) is 5.26 Å². The Labute approximate surface area is 172 Å². The summed E-state index contributed by atoms with van der Waals surface area (Å²) < 4.78 is 0. The molecule has 3 rings (SSSR count). The van der Waals surface area contributed by atoms with Crippen LogP contribution in [0.3, 0.4) is 0 Å². The highest BCUT2D eigenvalue weighted by Gasteiger charge is 2.17. The number of nitrogens with zero attached hydrogens (tertiary/aromatic N) is 1. The molecule has 1 nitrogen and oxygen atoms in total. The van der Waals surface area contributed by atoms with E-state index >= 15 is 0 Å². The largest absolute Gasteiger partial charge is 0.192 e. The molecule has 27 heavy (non-hydrogen) atoms. The molecule has 1 aliphatic rings. The molecule has 0 spiro atoms. The van der Waals surface area contributed by atoms with Gasteiger partial charge >= 0.3 is 0 Å². The van der Waals surface area contributed by atoms with Crippen LogP contribution in [0, 0.1) is 23.2 Å². The van der Waals surface area contributed by atoms with Gasteiger partial charge in [0.15, 0.2) is 0 Å². The average Bonchev–Trinajstić information content (AvgIpc) is 2.73. The van der Waals surface area contributed by atoms with Crippen molar-refractivity contribution < 1.29 is 0 Å². The van der Waals surface area contributed by atoms with Crippen LogP contribution in [0.15, 0.2) is 48.5 Å². The maximum atomic E-state index is 8.90. The third-order valence-electron chi connectivity index (χ3n) is 5.64. The van der Waals surface area contributed by atoms with E-state index in [2.05, 4.69) is 25.1 Å². The van der Waals surface area contributed by atoms with Gasteiger partial charge in [-0.1, -0.05) is 92.2 Å². The Hall–Kier alpha value is -1.75. The summed E-state index contributed by atoms with van der Waals surface area (Å²) in [6.45, 7) is 2.37. The van der Waals surface area contributed by atoms with E-state index in [9.17, 15) is 0 Å². The van der Waals surface area contributed by atoms with Crippen molar-refractivity contribution in [3.63, 3.8) is 0 Å². The lowest BCUT2D eigenvalue weighted by Crippen LogP contribution is -2.12. The highest BCUT2D eigenvalue weighted by atomic mass is 35.5. The van der Waals surface area contributed by atoms with Crippen LogP contribution in [0.1, 0.15) is 61.3 Å². The van der Waals surface area contributed by atoms with Crippen molar-refractivity contribution in [3.05, 3.63) is 70.8 Å². The minimum absolute atomic E-state index is 0.505. The average molecular weight is 398 g/mol. The Bertz CT molecular complexity index is 820. The molecule has 0 saturated heterocycles. The summed E-state index contributed by atoms with van der Waals surface area (Å²) in [5.41, 5.74) is 3.70. The molecule has 0 radical (unpaired) electrons. The summed E-state index contributed by atoms with van der Waals surface area (Å²) in [4.78, 5) is 0.